The zero-order chi connectivity index (χ0) is 17.8. The maximum Gasteiger partial charge on any atom is 0.254 e. The summed E-state index contributed by atoms with van der Waals surface area (Å²) < 4.78 is 0. The van der Waals surface area contributed by atoms with Gasteiger partial charge in [-0.05, 0) is 48.3 Å². The summed E-state index contributed by atoms with van der Waals surface area (Å²) in [5.41, 5.74) is 3.10. The molecule has 26 heavy (non-hydrogen) atoms. The Kier molecular flexibility index (Phi) is 5.27. The van der Waals surface area contributed by atoms with Crippen molar-refractivity contribution in [2.24, 2.45) is 4.99 Å². The van der Waals surface area contributed by atoms with E-state index < -0.39 is 0 Å². The van der Waals surface area contributed by atoms with Gasteiger partial charge in [-0.1, -0.05) is 36.4 Å². The number of thiophene rings is 2. The van der Waals surface area contributed by atoms with E-state index in [-0.39, 0.29) is 5.91 Å². The van der Waals surface area contributed by atoms with Crippen LogP contribution in [0, 0.1) is 0 Å². The van der Waals surface area contributed by atoms with Crippen LogP contribution in [0.15, 0.2) is 52.8 Å². The molecule has 0 saturated carbocycles. The number of hydrogen-bond acceptors (Lipinski definition) is 4. The quantitative estimate of drug-likeness (QED) is 0.594. The minimum Gasteiger partial charge on any atom is -0.348 e. The van der Waals surface area contributed by atoms with Gasteiger partial charge in [0.25, 0.3) is 5.91 Å². The lowest BCUT2D eigenvalue weighted by atomic mass is 9.95. The van der Waals surface area contributed by atoms with Crippen LogP contribution in [0.25, 0.3) is 0 Å². The zero-order valence-electron chi connectivity index (χ0n) is 14.4. The summed E-state index contributed by atoms with van der Waals surface area (Å²) in [7, 11) is 0. The maximum absolute atomic E-state index is 13.0. The molecule has 3 aromatic rings. The van der Waals surface area contributed by atoms with Crippen molar-refractivity contribution in [3.05, 3.63) is 74.3 Å². The van der Waals surface area contributed by atoms with Crippen LogP contribution in [0.1, 0.15) is 44.1 Å². The molecular weight excluding hydrogens is 360 g/mol. The van der Waals surface area contributed by atoms with Crippen molar-refractivity contribution in [2.45, 2.75) is 32.2 Å². The number of amides is 1. The van der Waals surface area contributed by atoms with E-state index in [1.165, 1.54) is 16.9 Å². The van der Waals surface area contributed by atoms with Gasteiger partial charge in [0.1, 0.15) is 5.00 Å². The molecule has 132 valence electrons. The SMILES string of the molecule is O=C(NCc1ccccc1)c1c(N=Cc2cccs2)sc2c1CCCC2. The van der Waals surface area contributed by atoms with Crippen LogP contribution in [-0.4, -0.2) is 12.1 Å². The first kappa shape index (κ1) is 17.2. The fourth-order valence-corrected chi connectivity index (χ4v) is 5.05. The molecule has 1 aliphatic carbocycles. The van der Waals surface area contributed by atoms with E-state index in [0.29, 0.717) is 6.54 Å². The highest BCUT2D eigenvalue weighted by Gasteiger charge is 2.25. The first-order valence-corrected chi connectivity index (χ1v) is 10.5. The molecule has 0 spiro atoms. The topological polar surface area (TPSA) is 41.5 Å². The first-order valence-electron chi connectivity index (χ1n) is 8.85. The molecule has 0 bridgehead atoms. The number of rotatable bonds is 5. The molecule has 1 aromatic carbocycles. The van der Waals surface area contributed by atoms with Gasteiger partial charge >= 0.3 is 0 Å². The molecule has 5 heteroatoms. The number of nitrogens with one attached hydrogen (secondary N) is 1. The van der Waals surface area contributed by atoms with Crippen molar-refractivity contribution in [1.82, 2.24) is 5.32 Å². The van der Waals surface area contributed by atoms with E-state index in [9.17, 15) is 4.79 Å². The van der Waals surface area contributed by atoms with Gasteiger partial charge in [-0.15, -0.1) is 22.7 Å². The van der Waals surface area contributed by atoms with Crippen molar-refractivity contribution in [2.75, 3.05) is 0 Å². The summed E-state index contributed by atoms with van der Waals surface area (Å²) in [5, 5.41) is 5.96. The molecule has 1 N–H and O–H groups in total. The molecule has 2 heterocycles. The van der Waals surface area contributed by atoms with Crippen LogP contribution in [0.3, 0.4) is 0 Å². The summed E-state index contributed by atoms with van der Waals surface area (Å²) in [6, 6.07) is 14.1. The highest BCUT2D eigenvalue weighted by Crippen LogP contribution is 2.39. The van der Waals surface area contributed by atoms with Gasteiger partial charge in [0.15, 0.2) is 0 Å². The van der Waals surface area contributed by atoms with Gasteiger partial charge < -0.3 is 5.32 Å². The molecule has 0 unspecified atom stereocenters. The Morgan fingerprint density at radius 1 is 1.12 bits per heavy atom. The van der Waals surface area contributed by atoms with Crippen LogP contribution in [0.2, 0.25) is 0 Å². The summed E-state index contributed by atoms with van der Waals surface area (Å²) in [5.74, 6) is -0.00779. The average Bonchev–Trinajstić information content (AvgIpc) is 3.32. The summed E-state index contributed by atoms with van der Waals surface area (Å²) in [6.45, 7) is 0.540. The maximum atomic E-state index is 13.0. The number of carbonyl (C=O) groups is 1. The molecule has 1 amide bonds. The van der Waals surface area contributed by atoms with Gasteiger partial charge in [-0.25, -0.2) is 4.99 Å². The van der Waals surface area contributed by atoms with E-state index in [1.54, 1.807) is 22.7 Å². The Balaban J connectivity index is 1.60. The second-order valence-electron chi connectivity index (χ2n) is 6.33. The standard InChI is InChI=1S/C21H20N2OS2/c24-20(22-13-15-7-2-1-3-8-15)19-17-10-4-5-11-18(17)26-21(19)23-14-16-9-6-12-25-16/h1-3,6-9,12,14H,4-5,10-11,13H2,(H,22,24). The van der Waals surface area contributed by atoms with Crippen LogP contribution in [0.4, 0.5) is 5.00 Å². The molecule has 0 radical (unpaired) electrons. The van der Waals surface area contributed by atoms with E-state index in [1.807, 2.05) is 54.1 Å². The van der Waals surface area contributed by atoms with E-state index in [2.05, 4.69) is 10.3 Å². The third-order valence-corrected chi connectivity index (χ3v) is 6.53. The number of carbonyl (C=O) groups excluding carboxylic acids is 1. The Hall–Kier alpha value is -2.24. The molecule has 0 atom stereocenters. The van der Waals surface area contributed by atoms with E-state index in [0.717, 1.165) is 40.3 Å². The molecule has 2 aromatic heterocycles. The second kappa shape index (κ2) is 7.98. The Morgan fingerprint density at radius 2 is 1.96 bits per heavy atom. The van der Waals surface area contributed by atoms with Gasteiger partial charge in [0.05, 0.1) is 5.56 Å². The van der Waals surface area contributed by atoms with Crippen LogP contribution >= 0.6 is 22.7 Å². The van der Waals surface area contributed by atoms with E-state index >= 15 is 0 Å². The number of fused-ring (bicyclic) bond motifs is 1. The van der Waals surface area contributed by atoms with Crippen molar-refractivity contribution >= 4 is 39.8 Å². The monoisotopic (exact) mass is 380 g/mol. The molecular formula is C21H20N2OS2. The zero-order valence-corrected chi connectivity index (χ0v) is 16.0. The normalized spacial score (nSPS) is 13.7. The molecule has 1 aliphatic rings. The fourth-order valence-electron chi connectivity index (χ4n) is 3.23. The highest BCUT2D eigenvalue weighted by molar-refractivity contribution is 7.16. The van der Waals surface area contributed by atoms with Gasteiger partial charge in [-0.3, -0.25) is 4.79 Å². The lowest BCUT2D eigenvalue weighted by Crippen LogP contribution is -2.24. The van der Waals surface area contributed by atoms with Crippen molar-refractivity contribution in [3.8, 4) is 0 Å². The lowest BCUT2D eigenvalue weighted by molar-refractivity contribution is 0.0951. The van der Waals surface area contributed by atoms with Gasteiger partial charge in [-0.2, -0.15) is 0 Å². The molecule has 3 nitrogen and oxygen atoms in total. The first-order chi connectivity index (χ1) is 12.8. The Morgan fingerprint density at radius 3 is 2.77 bits per heavy atom. The number of aliphatic imine (C=N–C) groups is 1. The van der Waals surface area contributed by atoms with Crippen molar-refractivity contribution in [1.29, 1.82) is 0 Å². The molecule has 0 fully saturated rings. The number of benzene rings is 1. The number of hydrogen-bond donors (Lipinski definition) is 1. The Bertz CT molecular complexity index is 911. The minimum absolute atomic E-state index is 0.00779. The van der Waals surface area contributed by atoms with Gasteiger partial charge in [0, 0.05) is 22.5 Å². The van der Waals surface area contributed by atoms with Crippen molar-refractivity contribution in [3.63, 3.8) is 0 Å². The predicted molar refractivity (Wildman–Crippen MR) is 110 cm³/mol. The minimum atomic E-state index is -0.00779. The number of nitrogens with zero attached hydrogens (tertiary/aromatic N) is 1. The number of aryl methyl sites for hydroxylation is 1. The summed E-state index contributed by atoms with van der Waals surface area (Å²) in [6.07, 6.45) is 6.27. The Labute approximate surface area is 161 Å². The lowest BCUT2D eigenvalue weighted by Gasteiger charge is -2.12. The van der Waals surface area contributed by atoms with Crippen LogP contribution in [0.5, 0.6) is 0 Å². The third-order valence-electron chi connectivity index (χ3n) is 4.53. The van der Waals surface area contributed by atoms with Crippen LogP contribution < -0.4 is 5.32 Å². The smallest absolute Gasteiger partial charge is 0.254 e. The fraction of sp³-hybridized carbons (Fsp3) is 0.238. The van der Waals surface area contributed by atoms with E-state index in [4.69, 9.17) is 0 Å². The average molecular weight is 381 g/mol. The van der Waals surface area contributed by atoms with Crippen LogP contribution in [-0.2, 0) is 19.4 Å². The summed E-state index contributed by atoms with van der Waals surface area (Å²) in [4.78, 5) is 20.1. The summed E-state index contributed by atoms with van der Waals surface area (Å²) >= 11 is 3.33. The van der Waals surface area contributed by atoms with Gasteiger partial charge in [0.2, 0.25) is 0 Å². The van der Waals surface area contributed by atoms with Crippen molar-refractivity contribution < 1.29 is 4.79 Å². The second-order valence-corrected chi connectivity index (χ2v) is 8.40. The molecule has 0 saturated heterocycles. The predicted octanol–water partition coefficient (Wildman–Crippen LogP) is 5.37. The molecule has 0 aliphatic heterocycles. The molecule has 4 rings (SSSR count). The largest absolute Gasteiger partial charge is 0.348 e. The highest BCUT2D eigenvalue weighted by atomic mass is 32.1. The third kappa shape index (κ3) is 3.79.